The van der Waals surface area contributed by atoms with E-state index < -0.39 is 5.97 Å². The zero-order valence-electron chi connectivity index (χ0n) is 16.4. The highest BCUT2D eigenvalue weighted by molar-refractivity contribution is 9.10. The fourth-order valence-electron chi connectivity index (χ4n) is 2.80. The lowest BCUT2D eigenvalue weighted by atomic mass is 10.0. The molecule has 0 atom stereocenters. The molecular weight excluding hydrogens is 526 g/mol. The average molecular weight is 543 g/mol. The third-order valence-electron chi connectivity index (χ3n) is 4.45. The SMILES string of the molecule is COc1cc(/C=C(/C#N)c2ccc(C(=O)O)cc2)c(Br)cc1OCc1ccc(Br)cc1. The molecule has 0 aliphatic carbocycles. The fourth-order valence-corrected chi connectivity index (χ4v) is 3.50. The Hall–Kier alpha value is -3.08. The molecular formula is C24H17Br2NO4. The number of carbonyl (C=O) groups is 1. The largest absolute Gasteiger partial charge is 0.493 e. The maximum atomic E-state index is 11.0. The maximum Gasteiger partial charge on any atom is 0.335 e. The second-order valence-electron chi connectivity index (χ2n) is 6.49. The molecule has 0 saturated heterocycles. The standard InChI is InChI=1S/C24H17Br2NO4/c1-30-22-11-18(10-19(13-27)16-4-6-17(7-5-16)24(28)29)21(26)12-23(22)31-14-15-2-8-20(25)9-3-15/h2-12H,14H2,1H3,(H,28,29)/b19-10-. The van der Waals surface area contributed by atoms with Crippen LogP contribution in [0.4, 0.5) is 0 Å². The Bertz CT molecular complexity index is 1160. The predicted octanol–water partition coefficient (Wildman–Crippen LogP) is 6.56. The van der Waals surface area contributed by atoms with Crippen molar-refractivity contribution in [2.75, 3.05) is 7.11 Å². The van der Waals surface area contributed by atoms with Crippen LogP contribution in [0.3, 0.4) is 0 Å². The summed E-state index contributed by atoms with van der Waals surface area (Å²) in [6.45, 7) is 0.380. The monoisotopic (exact) mass is 541 g/mol. The van der Waals surface area contributed by atoms with E-state index in [0.29, 0.717) is 29.2 Å². The van der Waals surface area contributed by atoms with Gasteiger partial charge in [0.05, 0.1) is 24.3 Å². The number of benzene rings is 3. The molecule has 0 aromatic heterocycles. The minimum Gasteiger partial charge on any atom is -0.493 e. The molecule has 0 unspecified atom stereocenters. The molecule has 7 heteroatoms. The normalized spacial score (nSPS) is 11.0. The van der Waals surface area contributed by atoms with Gasteiger partial charge in [0.15, 0.2) is 11.5 Å². The summed E-state index contributed by atoms with van der Waals surface area (Å²) >= 11 is 6.95. The number of allylic oxidation sites excluding steroid dienone is 1. The number of nitriles is 1. The number of carboxylic acids is 1. The molecule has 0 bridgehead atoms. The minimum atomic E-state index is -1.01. The molecule has 0 aliphatic heterocycles. The average Bonchev–Trinajstić information content (AvgIpc) is 2.78. The Morgan fingerprint density at radius 3 is 2.26 bits per heavy atom. The molecule has 0 amide bonds. The highest BCUT2D eigenvalue weighted by Crippen LogP contribution is 2.36. The Balaban J connectivity index is 1.87. The number of halogens is 2. The molecule has 1 N–H and O–H groups in total. The quantitative estimate of drug-likeness (QED) is 0.270. The minimum absolute atomic E-state index is 0.163. The molecule has 0 saturated carbocycles. The third kappa shape index (κ3) is 5.75. The summed E-state index contributed by atoms with van der Waals surface area (Å²) in [6.07, 6.45) is 1.71. The number of nitrogens with zero attached hydrogens (tertiary/aromatic N) is 1. The smallest absolute Gasteiger partial charge is 0.335 e. The van der Waals surface area contributed by atoms with E-state index in [0.717, 1.165) is 20.1 Å². The van der Waals surface area contributed by atoms with E-state index in [2.05, 4.69) is 37.9 Å². The van der Waals surface area contributed by atoms with Crippen LogP contribution in [0.25, 0.3) is 11.6 Å². The predicted molar refractivity (Wildman–Crippen MR) is 126 cm³/mol. The number of ether oxygens (including phenoxy) is 2. The van der Waals surface area contributed by atoms with Crippen molar-refractivity contribution in [1.29, 1.82) is 5.26 Å². The van der Waals surface area contributed by atoms with Crippen LogP contribution in [0.5, 0.6) is 11.5 Å². The molecule has 0 aliphatic rings. The van der Waals surface area contributed by atoms with Crippen LogP contribution in [0.15, 0.2) is 69.6 Å². The van der Waals surface area contributed by atoms with Gasteiger partial charge in [0.2, 0.25) is 0 Å². The van der Waals surface area contributed by atoms with Gasteiger partial charge in [0.25, 0.3) is 0 Å². The highest BCUT2D eigenvalue weighted by Gasteiger charge is 2.12. The molecule has 0 fully saturated rings. The Morgan fingerprint density at radius 2 is 1.68 bits per heavy atom. The zero-order chi connectivity index (χ0) is 22.4. The summed E-state index contributed by atoms with van der Waals surface area (Å²) < 4.78 is 13.1. The van der Waals surface area contributed by atoms with E-state index >= 15 is 0 Å². The van der Waals surface area contributed by atoms with E-state index in [9.17, 15) is 10.1 Å². The van der Waals surface area contributed by atoms with Crippen LogP contribution in [0.2, 0.25) is 0 Å². The Labute approximate surface area is 196 Å². The van der Waals surface area contributed by atoms with Gasteiger partial charge in [-0.1, -0.05) is 56.1 Å². The van der Waals surface area contributed by atoms with Crippen molar-refractivity contribution >= 4 is 49.5 Å². The van der Waals surface area contributed by atoms with Crippen LogP contribution in [0.1, 0.15) is 27.0 Å². The first-order valence-corrected chi connectivity index (χ1v) is 10.7. The molecule has 5 nitrogen and oxygen atoms in total. The maximum absolute atomic E-state index is 11.0. The van der Waals surface area contributed by atoms with Crippen molar-refractivity contribution in [3.8, 4) is 17.6 Å². The van der Waals surface area contributed by atoms with Gasteiger partial charge in [-0.3, -0.25) is 0 Å². The summed E-state index contributed by atoms with van der Waals surface area (Å²) in [6, 6.07) is 19.7. The van der Waals surface area contributed by atoms with Crippen molar-refractivity contribution in [3.63, 3.8) is 0 Å². The molecule has 3 rings (SSSR count). The molecule has 0 spiro atoms. The number of methoxy groups -OCH3 is 1. The first-order chi connectivity index (χ1) is 14.9. The van der Waals surface area contributed by atoms with Gasteiger partial charge in [-0.2, -0.15) is 5.26 Å². The Morgan fingerprint density at radius 1 is 1.03 bits per heavy atom. The van der Waals surface area contributed by atoms with Crippen LogP contribution in [0, 0.1) is 11.3 Å². The summed E-state index contributed by atoms with van der Waals surface area (Å²) in [7, 11) is 1.55. The summed E-state index contributed by atoms with van der Waals surface area (Å²) in [5.41, 5.74) is 2.92. The summed E-state index contributed by atoms with van der Waals surface area (Å²) in [4.78, 5) is 11.0. The topological polar surface area (TPSA) is 79.5 Å². The van der Waals surface area contributed by atoms with Crippen molar-refractivity contribution in [3.05, 3.63) is 91.9 Å². The molecule has 31 heavy (non-hydrogen) atoms. The second-order valence-corrected chi connectivity index (χ2v) is 8.26. The lowest BCUT2D eigenvalue weighted by Gasteiger charge is -2.13. The first-order valence-electron chi connectivity index (χ1n) is 9.11. The molecule has 0 heterocycles. The van der Waals surface area contributed by atoms with Gasteiger partial charge in [0, 0.05) is 8.95 Å². The van der Waals surface area contributed by atoms with E-state index in [1.165, 1.54) is 12.1 Å². The lowest BCUT2D eigenvalue weighted by molar-refractivity contribution is 0.0697. The van der Waals surface area contributed by atoms with Crippen LogP contribution >= 0.6 is 31.9 Å². The number of carboxylic acid groups (broad SMARTS) is 1. The van der Waals surface area contributed by atoms with Gasteiger partial charge in [-0.15, -0.1) is 0 Å². The van der Waals surface area contributed by atoms with Crippen molar-refractivity contribution in [1.82, 2.24) is 0 Å². The second kappa shape index (κ2) is 10.3. The number of hydrogen-bond acceptors (Lipinski definition) is 4. The number of aromatic carboxylic acids is 1. The lowest BCUT2D eigenvalue weighted by Crippen LogP contribution is -1.98. The number of hydrogen-bond donors (Lipinski definition) is 1. The summed E-state index contributed by atoms with van der Waals surface area (Å²) in [5, 5.41) is 18.7. The van der Waals surface area contributed by atoms with Crippen molar-refractivity contribution in [2.45, 2.75) is 6.61 Å². The van der Waals surface area contributed by atoms with Crippen LogP contribution < -0.4 is 9.47 Å². The van der Waals surface area contributed by atoms with Crippen LogP contribution in [-0.4, -0.2) is 18.2 Å². The van der Waals surface area contributed by atoms with E-state index in [-0.39, 0.29) is 5.56 Å². The highest BCUT2D eigenvalue weighted by atomic mass is 79.9. The molecule has 156 valence electrons. The van der Waals surface area contributed by atoms with Gasteiger partial charge in [-0.25, -0.2) is 4.79 Å². The molecule has 0 radical (unpaired) electrons. The van der Waals surface area contributed by atoms with Crippen LogP contribution in [-0.2, 0) is 6.61 Å². The third-order valence-corrected chi connectivity index (χ3v) is 5.67. The van der Waals surface area contributed by atoms with Gasteiger partial charge in [0.1, 0.15) is 6.61 Å². The number of rotatable bonds is 7. The van der Waals surface area contributed by atoms with E-state index in [4.69, 9.17) is 14.6 Å². The van der Waals surface area contributed by atoms with Gasteiger partial charge < -0.3 is 14.6 Å². The Kier molecular flexibility index (Phi) is 7.50. The van der Waals surface area contributed by atoms with Crippen molar-refractivity contribution in [2.24, 2.45) is 0 Å². The first kappa shape index (κ1) is 22.6. The van der Waals surface area contributed by atoms with Crippen molar-refractivity contribution < 1.29 is 19.4 Å². The van der Waals surface area contributed by atoms with E-state index in [1.54, 1.807) is 37.5 Å². The molecule has 3 aromatic rings. The van der Waals surface area contributed by atoms with Gasteiger partial charge in [-0.05, 0) is 59.2 Å². The van der Waals surface area contributed by atoms with E-state index in [1.807, 2.05) is 24.3 Å². The zero-order valence-corrected chi connectivity index (χ0v) is 19.6. The molecule has 3 aromatic carbocycles. The summed E-state index contributed by atoms with van der Waals surface area (Å²) in [5.74, 6) is 0.0871. The fraction of sp³-hybridized carbons (Fsp3) is 0.0833. The van der Waals surface area contributed by atoms with Gasteiger partial charge >= 0.3 is 5.97 Å².